The van der Waals surface area contributed by atoms with Crippen LogP contribution in [0.15, 0.2) is 47.4 Å². The molecule has 5 nitrogen and oxygen atoms in total. The zero-order valence-electron chi connectivity index (χ0n) is 14.6. The Labute approximate surface area is 152 Å². The van der Waals surface area contributed by atoms with Crippen LogP contribution in [-0.4, -0.2) is 20.4 Å². The summed E-state index contributed by atoms with van der Waals surface area (Å²) in [6, 6.07) is 10.7. The van der Waals surface area contributed by atoms with Gasteiger partial charge in [-0.3, -0.25) is 4.79 Å². The Bertz CT molecular complexity index is 922. The van der Waals surface area contributed by atoms with Gasteiger partial charge in [-0.25, -0.2) is 17.5 Å². The van der Waals surface area contributed by atoms with Crippen molar-refractivity contribution in [1.82, 2.24) is 10.0 Å². The largest absolute Gasteiger partial charge is 0.346 e. The molecule has 1 aliphatic carbocycles. The normalized spacial score (nSPS) is 15.5. The van der Waals surface area contributed by atoms with Crippen LogP contribution >= 0.6 is 0 Å². The van der Waals surface area contributed by atoms with Crippen LogP contribution in [0.5, 0.6) is 0 Å². The molecule has 0 aliphatic heterocycles. The van der Waals surface area contributed by atoms with Gasteiger partial charge in [0, 0.05) is 11.6 Å². The Kier molecular flexibility index (Phi) is 5.11. The fourth-order valence-corrected chi connectivity index (χ4v) is 3.96. The Morgan fingerprint density at radius 2 is 1.81 bits per heavy atom. The predicted molar refractivity (Wildman–Crippen MR) is 96.8 cm³/mol. The monoisotopic (exact) mass is 376 g/mol. The number of carbonyl (C=O) groups excluding carboxylic acids is 1. The average molecular weight is 376 g/mol. The van der Waals surface area contributed by atoms with Gasteiger partial charge < -0.3 is 5.32 Å². The van der Waals surface area contributed by atoms with E-state index in [-0.39, 0.29) is 17.6 Å². The van der Waals surface area contributed by atoms with Crippen LogP contribution in [-0.2, 0) is 10.0 Å². The molecule has 2 aromatic carbocycles. The smallest absolute Gasteiger partial charge is 0.251 e. The van der Waals surface area contributed by atoms with Gasteiger partial charge in [-0.05, 0) is 50.5 Å². The molecule has 1 aliphatic rings. The van der Waals surface area contributed by atoms with E-state index in [0.29, 0.717) is 0 Å². The minimum Gasteiger partial charge on any atom is -0.346 e. The van der Waals surface area contributed by atoms with E-state index in [1.807, 2.05) is 38.1 Å². The van der Waals surface area contributed by atoms with Crippen molar-refractivity contribution in [2.45, 2.75) is 43.7 Å². The maximum atomic E-state index is 14.0. The van der Waals surface area contributed by atoms with Crippen LogP contribution in [0.1, 0.15) is 47.3 Å². The van der Waals surface area contributed by atoms with Crippen molar-refractivity contribution < 1.29 is 17.6 Å². The lowest BCUT2D eigenvalue weighted by molar-refractivity contribution is 0.0939. The molecule has 0 spiro atoms. The minimum absolute atomic E-state index is 0.0986. The highest BCUT2D eigenvalue weighted by Gasteiger charge is 2.30. The van der Waals surface area contributed by atoms with Gasteiger partial charge in [0.1, 0.15) is 10.7 Å². The second-order valence-corrected chi connectivity index (χ2v) is 8.33. The first kappa shape index (κ1) is 18.5. The molecule has 1 unspecified atom stereocenters. The highest BCUT2D eigenvalue weighted by Crippen LogP contribution is 2.24. The average Bonchev–Trinajstić information content (AvgIpc) is 3.38. The van der Waals surface area contributed by atoms with Gasteiger partial charge in [-0.2, -0.15) is 0 Å². The third-order valence-corrected chi connectivity index (χ3v) is 5.84. The highest BCUT2D eigenvalue weighted by molar-refractivity contribution is 7.89. The maximum Gasteiger partial charge on any atom is 0.251 e. The number of hydrogen-bond donors (Lipinski definition) is 2. The van der Waals surface area contributed by atoms with Crippen molar-refractivity contribution in [3.63, 3.8) is 0 Å². The molecule has 26 heavy (non-hydrogen) atoms. The van der Waals surface area contributed by atoms with Gasteiger partial charge in [-0.15, -0.1) is 0 Å². The molecule has 0 saturated heterocycles. The van der Waals surface area contributed by atoms with E-state index < -0.39 is 26.6 Å². The summed E-state index contributed by atoms with van der Waals surface area (Å²) in [6.07, 6.45) is 1.49. The third kappa shape index (κ3) is 4.28. The number of aryl methyl sites for hydroxylation is 1. The Balaban J connectivity index is 1.79. The molecule has 138 valence electrons. The number of nitrogens with one attached hydrogen (secondary N) is 2. The van der Waals surface area contributed by atoms with E-state index in [2.05, 4.69) is 10.0 Å². The van der Waals surface area contributed by atoms with E-state index in [1.54, 1.807) is 0 Å². The summed E-state index contributed by atoms with van der Waals surface area (Å²) in [5.41, 5.74) is 2.14. The van der Waals surface area contributed by atoms with Gasteiger partial charge in [0.25, 0.3) is 5.91 Å². The van der Waals surface area contributed by atoms with Crippen molar-refractivity contribution in [3.8, 4) is 0 Å². The van der Waals surface area contributed by atoms with Crippen LogP contribution in [0.4, 0.5) is 4.39 Å². The fourth-order valence-electron chi connectivity index (χ4n) is 2.55. The molecule has 2 N–H and O–H groups in total. The van der Waals surface area contributed by atoms with Gasteiger partial charge in [0.05, 0.1) is 6.04 Å². The lowest BCUT2D eigenvalue weighted by Gasteiger charge is -2.15. The second-order valence-electron chi connectivity index (χ2n) is 6.65. The van der Waals surface area contributed by atoms with Crippen molar-refractivity contribution in [3.05, 3.63) is 65.0 Å². The van der Waals surface area contributed by atoms with Crippen molar-refractivity contribution in [2.24, 2.45) is 0 Å². The summed E-state index contributed by atoms with van der Waals surface area (Å²) >= 11 is 0. The first-order valence-electron chi connectivity index (χ1n) is 8.45. The Morgan fingerprint density at radius 3 is 2.42 bits per heavy atom. The van der Waals surface area contributed by atoms with E-state index in [9.17, 15) is 17.6 Å². The summed E-state index contributed by atoms with van der Waals surface area (Å²) < 4.78 is 41.0. The van der Waals surface area contributed by atoms with Gasteiger partial charge in [0.2, 0.25) is 10.0 Å². The fraction of sp³-hybridized carbons (Fsp3) is 0.316. The lowest BCUT2D eigenvalue weighted by atomic mass is 10.1. The van der Waals surface area contributed by atoms with Crippen molar-refractivity contribution >= 4 is 15.9 Å². The molecule has 0 bridgehead atoms. The molecule has 3 rings (SSSR count). The first-order valence-corrected chi connectivity index (χ1v) is 9.94. The number of benzene rings is 2. The number of rotatable bonds is 6. The number of sulfonamides is 1. The quantitative estimate of drug-likeness (QED) is 0.814. The Morgan fingerprint density at radius 1 is 1.15 bits per heavy atom. The molecular formula is C19H21FN2O3S. The highest BCUT2D eigenvalue weighted by atomic mass is 32.2. The summed E-state index contributed by atoms with van der Waals surface area (Å²) in [5, 5.41) is 2.81. The van der Waals surface area contributed by atoms with E-state index in [0.717, 1.165) is 36.1 Å². The second kappa shape index (κ2) is 7.17. The summed E-state index contributed by atoms with van der Waals surface area (Å²) in [4.78, 5) is 12.0. The zero-order chi connectivity index (χ0) is 18.9. The lowest BCUT2D eigenvalue weighted by Crippen LogP contribution is -2.29. The van der Waals surface area contributed by atoms with Gasteiger partial charge in [-0.1, -0.05) is 29.8 Å². The zero-order valence-corrected chi connectivity index (χ0v) is 15.4. The van der Waals surface area contributed by atoms with Crippen molar-refractivity contribution in [2.75, 3.05) is 0 Å². The number of halogens is 1. The van der Waals surface area contributed by atoms with Gasteiger partial charge >= 0.3 is 0 Å². The molecule has 1 atom stereocenters. The molecule has 0 aromatic heterocycles. The number of amides is 1. The number of carbonyl (C=O) groups is 1. The van der Waals surface area contributed by atoms with Crippen LogP contribution in [0.2, 0.25) is 0 Å². The van der Waals surface area contributed by atoms with Crippen LogP contribution in [0.25, 0.3) is 0 Å². The van der Waals surface area contributed by atoms with E-state index >= 15 is 0 Å². The van der Waals surface area contributed by atoms with Crippen molar-refractivity contribution in [1.29, 1.82) is 0 Å². The standard InChI is InChI=1S/C19H21FN2O3S/c1-12-3-5-14(6-4-12)13(2)21-19(23)15-7-10-17(20)18(11-15)26(24,25)22-16-8-9-16/h3-7,10-11,13,16,22H,8-9H2,1-2H3,(H,21,23). The molecule has 1 saturated carbocycles. The SMILES string of the molecule is Cc1ccc(C(C)NC(=O)c2ccc(F)c(S(=O)(=O)NC3CC3)c2)cc1. The van der Waals surface area contributed by atoms with Crippen LogP contribution in [0, 0.1) is 12.7 Å². The Hall–Kier alpha value is -2.25. The third-order valence-electron chi connectivity index (χ3n) is 4.31. The van der Waals surface area contributed by atoms with E-state index in [4.69, 9.17) is 0 Å². The first-order chi connectivity index (χ1) is 12.3. The predicted octanol–water partition coefficient (Wildman–Crippen LogP) is 3.07. The molecule has 1 amide bonds. The molecule has 1 fully saturated rings. The summed E-state index contributed by atoms with van der Waals surface area (Å²) in [7, 11) is -3.97. The van der Waals surface area contributed by atoms with E-state index in [1.165, 1.54) is 6.07 Å². The summed E-state index contributed by atoms with van der Waals surface area (Å²) in [5.74, 6) is -1.33. The topological polar surface area (TPSA) is 75.3 Å². The van der Waals surface area contributed by atoms with Gasteiger partial charge in [0.15, 0.2) is 0 Å². The molecule has 0 heterocycles. The molecular weight excluding hydrogens is 355 g/mol. The molecule has 7 heteroatoms. The molecule has 0 radical (unpaired) electrons. The molecule has 2 aromatic rings. The maximum absolute atomic E-state index is 14.0. The minimum atomic E-state index is -3.97. The van der Waals surface area contributed by atoms with Crippen LogP contribution in [0.3, 0.4) is 0 Å². The van der Waals surface area contributed by atoms with Crippen LogP contribution < -0.4 is 10.0 Å². The summed E-state index contributed by atoms with van der Waals surface area (Å²) in [6.45, 7) is 3.81. The number of hydrogen-bond acceptors (Lipinski definition) is 3.